The second-order valence-corrected chi connectivity index (χ2v) is 11.2. The third-order valence-electron chi connectivity index (χ3n) is 8.16. The monoisotopic (exact) mass is 499 g/mol. The summed E-state index contributed by atoms with van der Waals surface area (Å²) >= 11 is 1.89. The van der Waals surface area contributed by atoms with Gasteiger partial charge in [0.15, 0.2) is 0 Å². The summed E-state index contributed by atoms with van der Waals surface area (Å²) < 4.78 is 5.11. The molecule has 176 valence electrons. The van der Waals surface area contributed by atoms with Crippen molar-refractivity contribution in [1.29, 1.82) is 0 Å². The lowest BCUT2D eigenvalue weighted by atomic mass is 9.93. The average Bonchev–Trinajstić information content (AvgIpc) is 3.51. The number of rotatable bonds is 1. The highest BCUT2D eigenvalue weighted by atomic mass is 32.1. The van der Waals surface area contributed by atoms with Gasteiger partial charge in [-0.05, 0) is 74.8 Å². The maximum absolute atomic E-state index is 2.42. The molecule has 0 spiro atoms. The molecule has 0 N–H and O–H groups in total. The lowest BCUT2D eigenvalue weighted by Gasteiger charge is -2.14. The van der Waals surface area contributed by atoms with Crippen LogP contribution in [0.25, 0.3) is 80.0 Å². The van der Waals surface area contributed by atoms with Crippen molar-refractivity contribution in [1.82, 2.24) is 4.57 Å². The first-order chi connectivity index (χ1) is 18.8. The summed E-state index contributed by atoms with van der Waals surface area (Å²) in [7, 11) is 0. The van der Waals surface area contributed by atoms with Gasteiger partial charge in [0.2, 0.25) is 0 Å². The van der Waals surface area contributed by atoms with Crippen molar-refractivity contribution in [3.63, 3.8) is 0 Å². The van der Waals surface area contributed by atoms with Crippen molar-refractivity contribution >= 4 is 85.6 Å². The van der Waals surface area contributed by atoms with Gasteiger partial charge in [-0.2, -0.15) is 0 Å². The van der Waals surface area contributed by atoms with E-state index in [1.54, 1.807) is 0 Å². The summed E-state index contributed by atoms with van der Waals surface area (Å²) in [6.45, 7) is 0. The second kappa shape index (κ2) is 7.44. The van der Waals surface area contributed by atoms with Gasteiger partial charge in [0, 0.05) is 36.6 Å². The average molecular weight is 500 g/mol. The summed E-state index contributed by atoms with van der Waals surface area (Å²) in [6.07, 6.45) is 0. The van der Waals surface area contributed by atoms with Crippen LogP contribution in [-0.4, -0.2) is 4.57 Å². The predicted molar refractivity (Wildman–Crippen MR) is 166 cm³/mol. The molecule has 0 fully saturated rings. The van der Waals surface area contributed by atoms with E-state index in [2.05, 4.69) is 132 Å². The number of aromatic nitrogens is 1. The third-order valence-corrected chi connectivity index (χ3v) is 9.29. The van der Waals surface area contributed by atoms with Crippen LogP contribution in [0.2, 0.25) is 0 Å². The molecule has 0 bridgehead atoms. The molecule has 0 atom stereocenters. The molecule has 2 heterocycles. The number of fused-ring (bicyclic) bond motifs is 12. The number of hydrogen-bond acceptors (Lipinski definition) is 1. The van der Waals surface area contributed by atoms with Crippen LogP contribution >= 0.6 is 11.3 Å². The molecule has 0 radical (unpaired) electrons. The zero-order valence-electron chi connectivity index (χ0n) is 20.5. The van der Waals surface area contributed by atoms with Crippen LogP contribution in [0.5, 0.6) is 0 Å². The molecule has 0 amide bonds. The Morgan fingerprint density at radius 2 is 0.868 bits per heavy atom. The van der Waals surface area contributed by atoms with E-state index in [-0.39, 0.29) is 0 Å². The normalized spacial score (nSPS) is 12.2. The SMILES string of the molecule is c1ccc2c(c1)sc1cc3c4ccc(-n5c6ccccc6c6ccccc65)cc4c4ccccc4c3cc12. The summed E-state index contributed by atoms with van der Waals surface area (Å²) in [5.41, 5.74) is 3.68. The van der Waals surface area contributed by atoms with Crippen molar-refractivity contribution in [2.24, 2.45) is 0 Å². The summed E-state index contributed by atoms with van der Waals surface area (Å²) in [5.74, 6) is 0. The fourth-order valence-corrected chi connectivity index (χ4v) is 7.63. The summed E-state index contributed by atoms with van der Waals surface area (Å²) in [4.78, 5) is 0. The van der Waals surface area contributed by atoms with Gasteiger partial charge in [0.05, 0.1) is 11.0 Å². The predicted octanol–water partition coefficient (Wildman–Crippen LogP) is 10.6. The second-order valence-electron chi connectivity index (χ2n) is 10.1. The molecule has 0 aliphatic rings. The molecule has 9 aromatic rings. The van der Waals surface area contributed by atoms with Crippen molar-refractivity contribution in [2.75, 3.05) is 0 Å². The van der Waals surface area contributed by atoms with E-state index in [1.807, 2.05) is 11.3 Å². The van der Waals surface area contributed by atoms with Crippen LogP contribution in [0.3, 0.4) is 0 Å². The van der Waals surface area contributed by atoms with Crippen molar-refractivity contribution < 1.29 is 0 Å². The molecule has 0 saturated heterocycles. The van der Waals surface area contributed by atoms with Crippen LogP contribution in [0, 0.1) is 0 Å². The molecule has 0 unspecified atom stereocenters. The standard InChI is InChI=1S/C36H21NS/c1-2-10-24-23(9-1)29-19-22(37-33-14-6-3-11-26(33)27-12-4-7-15-34(27)37)17-18-25(29)31-21-36-32(20-30(24)31)28-13-5-8-16-35(28)38-36/h1-21H. The van der Waals surface area contributed by atoms with E-state index in [0.717, 1.165) is 0 Å². The Morgan fingerprint density at radius 1 is 0.342 bits per heavy atom. The van der Waals surface area contributed by atoms with Gasteiger partial charge in [-0.1, -0.05) is 84.9 Å². The van der Waals surface area contributed by atoms with Gasteiger partial charge in [-0.3, -0.25) is 0 Å². The lowest BCUT2D eigenvalue weighted by molar-refractivity contribution is 1.19. The Labute approximate surface area is 222 Å². The number of nitrogens with zero attached hydrogens (tertiary/aromatic N) is 1. The molecule has 38 heavy (non-hydrogen) atoms. The molecule has 0 aliphatic carbocycles. The van der Waals surface area contributed by atoms with Gasteiger partial charge < -0.3 is 4.57 Å². The van der Waals surface area contributed by atoms with Gasteiger partial charge in [-0.25, -0.2) is 0 Å². The Balaban J connectivity index is 1.43. The molecule has 1 nitrogen and oxygen atoms in total. The number of benzene rings is 7. The molecule has 2 heteroatoms. The van der Waals surface area contributed by atoms with Crippen LogP contribution in [0.15, 0.2) is 127 Å². The topological polar surface area (TPSA) is 4.93 Å². The fourth-order valence-electron chi connectivity index (χ4n) is 6.50. The van der Waals surface area contributed by atoms with Crippen molar-refractivity contribution in [3.8, 4) is 5.69 Å². The Hall–Kier alpha value is -4.66. The smallest absolute Gasteiger partial charge is 0.0541 e. The van der Waals surface area contributed by atoms with Crippen LogP contribution in [0.1, 0.15) is 0 Å². The van der Waals surface area contributed by atoms with Crippen LogP contribution in [0.4, 0.5) is 0 Å². The van der Waals surface area contributed by atoms with E-state index in [1.165, 1.54) is 80.0 Å². The van der Waals surface area contributed by atoms with Crippen molar-refractivity contribution in [3.05, 3.63) is 127 Å². The highest BCUT2D eigenvalue weighted by Gasteiger charge is 2.15. The van der Waals surface area contributed by atoms with Crippen LogP contribution < -0.4 is 0 Å². The molecule has 0 aliphatic heterocycles. The van der Waals surface area contributed by atoms with Crippen LogP contribution in [-0.2, 0) is 0 Å². The first-order valence-corrected chi connectivity index (χ1v) is 13.8. The van der Waals surface area contributed by atoms with Gasteiger partial charge >= 0.3 is 0 Å². The zero-order valence-corrected chi connectivity index (χ0v) is 21.3. The van der Waals surface area contributed by atoms with E-state index < -0.39 is 0 Å². The maximum atomic E-state index is 2.42. The van der Waals surface area contributed by atoms with E-state index in [0.29, 0.717) is 0 Å². The van der Waals surface area contributed by atoms with Crippen molar-refractivity contribution in [2.45, 2.75) is 0 Å². The molecule has 9 rings (SSSR count). The summed E-state index contributed by atoms with van der Waals surface area (Å²) in [6, 6.07) is 47.0. The molecular weight excluding hydrogens is 478 g/mol. The Morgan fingerprint density at radius 3 is 1.58 bits per heavy atom. The third kappa shape index (κ3) is 2.65. The highest BCUT2D eigenvalue weighted by molar-refractivity contribution is 7.25. The largest absolute Gasteiger partial charge is 0.309 e. The minimum absolute atomic E-state index is 1.20. The molecule has 2 aromatic heterocycles. The molecular formula is C36H21NS. The Bertz CT molecular complexity index is 2350. The van der Waals surface area contributed by atoms with Gasteiger partial charge in [0.25, 0.3) is 0 Å². The van der Waals surface area contributed by atoms with E-state index in [9.17, 15) is 0 Å². The quantitative estimate of drug-likeness (QED) is 0.198. The fraction of sp³-hybridized carbons (Fsp3) is 0. The van der Waals surface area contributed by atoms with Gasteiger partial charge in [-0.15, -0.1) is 11.3 Å². The maximum Gasteiger partial charge on any atom is 0.0541 e. The summed E-state index contributed by atoms with van der Waals surface area (Å²) in [5, 5.41) is 13.2. The molecule has 0 saturated carbocycles. The number of thiophene rings is 1. The number of hydrogen-bond donors (Lipinski definition) is 0. The minimum atomic E-state index is 1.20. The minimum Gasteiger partial charge on any atom is -0.309 e. The number of para-hydroxylation sites is 2. The molecule has 7 aromatic carbocycles. The van der Waals surface area contributed by atoms with Gasteiger partial charge in [0.1, 0.15) is 0 Å². The zero-order chi connectivity index (χ0) is 24.8. The lowest BCUT2D eigenvalue weighted by Crippen LogP contribution is -1.94. The first-order valence-electron chi connectivity index (χ1n) is 13.0. The Kier molecular flexibility index (Phi) is 3.99. The van der Waals surface area contributed by atoms with E-state index >= 15 is 0 Å². The first kappa shape index (κ1) is 20.4. The highest BCUT2D eigenvalue weighted by Crippen LogP contribution is 2.42. The van der Waals surface area contributed by atoms with E-state index in [4.69, 9.17) is 0 Å².